The molecule has 7 nitrogen and oxygen atoms in total. The lowest BCUT2D eigenvalue weighted by molar-refractivity contribution is -0.270. The molecule has 4 aliphatic rings. The summed E-state index contributed by atoms with van der Waals surface area (Å²) in [6.07, 6.45) is 3.77. The molecule has 2 amide bonds. The summed E-state index contributed by atoms with van der Waals surface area (Å²) in [6.45, 7) is 8.39. The number of rotatable bonds is 6. The van der Waals surface area contributed by atoms with E-state index in [2.05, 4.69) is 36.1 Å². The number of benzene rings is 2. The minimum Gasteiger partial charge on any atom is -0.507 e. The lowest BCUT2D eigenvalue weighted by atomic mass is 9.63. The second-order valence-electron chi connectivity index (χ2n) is 12.6. The van der Waals surface area contributed by atoms with Gasteiger partial charge < -0.3 is 14.9 Å². The number of imide groups is 1. The number of likely N-dealkylation sites (tertiary alicyclic amines) is 2. The number of carbonyl (C=O) groups is 2. The van der Waals surface area contributed by atoms with Crippen LogP contribution in [0.2, 0.25) is 0 Å². The fraction of sp³-hybridized carbons (Fsp3) is 0.576. The van der Waals surface area contributed by atoms with Crippen LogP contribution in [0.4, 0.5) is 0 Å². The first kappa shape index (κ1) is 27.4. The summed E-state index contributed by atoms with van der Waals surface area (Å²) >= 11 is 0. The maximum absolute atomic E-state index is 14.1. The topological polar surface area (TPSA) is 90.3 Å². The Hall–Kier alpha value is -2.74. The average molecular weight is 547 g/mol. The normalized spacial score (nSPS) is 32.9. The third-order valence-electron chi connectivity index (χ3n) is 10.1. The summed E-state index contributed by atoms with van der Waals surface area (Å²) in [6, 6.07) is 14.1. The van der Waals surface area contributed by atoms with Crippen LogP contribution in [-0.4, -0.2) is 56.7 Å². The molecule has 2 aromatic rings. The van der Waals surface area contributed by atoms with Crippen molar-refractivity contribution in [3.05, 3.63) is 64.7 Å². The number of aliphatic hydroxyl groups is 1. The fourth-order valence-electron chi connectivity index (χ4n) is 8.10. The van der Waals surface area contributed by atoms with Crippen LogP contribution >= 0.6 is 0 Å². The molecular weight excluding hydrogens is 504 g/mol. The molecule has 2 aromatic carbocycles. The van der Waals surface area contributed by atoms with Gasteiger partial charge in [0.05, 0.1) is 17.9 Å². The maximum atomic E-state index is 14.1. The van der Waals surface area contributed by atoms with Crippen molar-refractivity contribution >= 4 is 11.8 Å². The number of ether oxygens (including phenoxy) is 1. The molecule has 0 bridgehead atoms. The van der Waals surface area contributed by atoms with E-state index in [0.717, 1.165) is 62.0 Å². The molecule has 3 aliphatic heterocycles. The van der Waals surface area contributed by atoms with Crippen molar-refractivity contribution in [1.29, 1.82) is 0 Å². The Morgan fingerprint density at radius 3 is 2.33 bits per heavy atom. The number of hydrogen-bond acceptors (Lipinski definition) is 6. The van der Waals surface area contributed by atoms with Gasteiger partial charge in [0.15, 0.2) is 5.79 Å². The number of piperidine rings is 1. The highest BCUT2D eigenvalue weighted by atomic mass is 16.6. The predicted molar refractivity (Wildman–Crippen MR) is 151 cm³/mol. The molecule has 3 heterocycles. The monoisotopic (exact) mass is 546 g/mol. The van der Waals surface area contributed by atoms with Gasteiger partial charge in [-0.15, -0.1) is 0 Å². The largest absolute Gasteiger partial charge is 0.507 e. The van der Waals surface area contributed by atoms with E-state index in [1.165, 1.54) is 5.56 Å². The van der Waals surface area contributed by atoms with E-state index in [-0.39, 0.29) is 41.5 Å². The van der Waals surface area contributed by atoms with Gasteiger partial charge in [-0.05, 0) is 80.3 Å². The molecule has 214 valence electrons. The number of amides is 2. The van der Waals surface area contributed by atoms with Crippen molar-refractivity contribution in [3.63, 3.8) is 0 Å². The highest BCUT2D eigenvalue weighted by Gasteiger charge is 2.67. The Kier molecular flexibility index (Phi) is 7.26. The summed E-state index contributed by atoms with van der Waals surface area (Å²) in [4.78, 5) is 31.9. The van der Waals surface area contributed by atoms with Gasteiger partial charge in [-0.1, -0.05) is 43.7 Å². The number of phenols is 1. The number of fused-ring (bicyclic) bond motifs is 3. The van der Waals surface area contributed by atoms with Crippen LogP contribution in [0.3, 0.4) is 0 Å². The zero-order valence-electron chi connectivity index (χ0n) is 23.9. The van der Waals surface area contributed by atoms with E-state index >= 15 is 0 Å². The van der Waals surface area contributed by atoms with Gasteiger partial charge in [0, 0.05) is 37.5 Å². The molecule has 2 N–H and O–H groups in total. The highest BCUT2D eigenvalue weighted by molar-refractivity contribution is 6.06. The van der Waals surface area contributed by atoms with Crippen LogP contribution in [0, 0.1) is 37.5 Å². The van der Waals surface area contributed by atoms with Crippen LogP contribution in [0.25, 0.3) is 0 Å². The molecular formula is C33H42N2O5. The summed E-state index contributed by atoms with van der Waals surface area (Å²) < 4.78 is 6.48. The molecule has 6 rings (SSSR count). The summed E-state index contributed by atoms with van der Waals surface area (Å²) in [5.74, 6) is -2.88. The van der Waals surface area contributed by atoms with Gasteiger partial charge in [0.2, 0.25) is 11.8 Å². The number of aryl methyl sites for hydroxylation is 2. The molecule has 3 saturated heterocycles. The second-order valence-corrected chi connectivity index (χ2v) is 12.6. The summed E-state index contributed by atoms with van der Waals surface area (Å²) in [5, 5.41) is 22.4. The van der Waals surface area contributed by atoms with Crippen LogP contribution in [-0.2, 0) is 20.9 Å². The van der Waals surface area contributed by atoms with Crippen LogP contribution < -0.4 is 0 Å². The van der Waals surface area contributed by atoms with E-state index in [4.69, 9.17) is 4.74 Å². The van der Waals surface area contributed by atoms with Crippen LogP contribution in [0.1, 0.15) is 73.8 Å². The molecule has 0 aromatic heterocycles. The van der Waals surface area contributed by atoms with E-state index in [0.29, 0.717) is 12.8 Å². The highest BCUT2D eigenvalue weighted by Crippen LogP contribution is 2.59. The van der Waals surface area contributed by atoms with Gasteiger partial charge in [0.25, 0.3) is 0 Å². The lowest BCUT2D eigenvalue weighted by Crippen LogP contribution is -2.53. The Labute approximate surface area is 237 Å². The first-order valence-electron chi connectivity index (χ1n) is 15.0. The zero-order valence-corrected chi connectivity index (χ0v) is 23.9. The third kappa shape index (κ3) is 4.56. The van der Waals surface area contributed by atoms with Crippen molar-refractivity contribution < 1.29 is 24.5 Å². The molecule has 0 radical (unpaired) electrons. The quantitative estimate of drug-likeness (QED) is 0.503. The lowest BCUT2D eigenvalue weighted by Gasteiger charge is -2.44. The fourth-order valence-corrected chi connectivity index (χ4v) is 8.10. The van der Waals surface area contributed by atoms with Crippen molar-refractivity contribution in [2.24, 2.45) is 23.7 Å². The first-order chi connectivity index (χ1) is 19.2. The number of carbonyl (C=O) groups excluding carboxylic acids is 2. The molecule has 1 aliphatic carbocycles. The Bertz CT molecular complexity index is 1250. The minimum absolute atomic E-state index is 0.0422. The number of aromatic hydroxyl groups is 1. The molecule has 7 heteroatoms. The molecule has 40 heavy (non-hydrogen) atoms. The van der Waals surface area contributed by atoms with Crippen molar-refractivity contribution in [3.8, 4) is 5.75 Å². The Morgan fingerprint density at radius 1 is 1.00 bits per heavy atom. The van der Waals surface area contributed by atoms with Gasteiger partial charge in [-0.2, -0.15) is 0 Å². The third-order valence-corrected chi connectivity index (χ3v) is 10.1. The second kappa shape index (κ2) is 10.6. The first-order valence-corrected chi connectivity index (χ1v) is 15.0. The van der Waals surface area contributed by atoms with Crippen LogP contribution in [0.5, 0.6) is 5.75 Å². The molecule has 6 atom stereocenters. The molecule has 0 spiro atoms. The van der Waals surface area contributed by atoms with Crippen LogP contribution in [0.15, 0.2) is 42.5 Å². The Balaban J connectivity index is 1.22. The van der Waals surface area contributed by atoms with Crippen molar-refractivity contribution in [1.82, 2.24) is 9.80 Å². The number of phenolic OH excluding ortho intramolecular Hbond substituents is 1. The SMILES string of the molecule is CCC[C@H]1C[C@@H]2C(=O)N(C3CCN(Cc4ccccc4)CC3)C(=O)[C@@H]2[C@@H]2C[C@@H](c3cc(C)c(O)c(C)c3)O[C@]12O. The van der Waals surface area contributed by atoms with Gasteiger partial charge in [-0.25, -0.2) is 0 Å². The predicted octanol–water partition coefficient (Wildman–Crippen LogP) is 4.86. The average Bonchev–Trinajstić information content (AvgIpc) is 3.42. The number of hydrogen-bond donors (Lipinski definition) is 2. The van der Waals surface area contributed by atoms with E-state index in [1.54, 1.807) is 4.90 Å². The summed E-state index contributed by atoms with van der Waals surface area (Å²) in [5.41, 5.74) is 3.71. The Morgan fingerprint density at radius 2 is 1.68 bits per heavy atom. The van der Waals surface area contributed by atoms with Gasteiger partial charge in [-0.3, -0.25) is 19.4 Å². The zero-order chi connectivity index (χ0) is 28.2. The smallest absolute Gasteiger partial charge is 0.233 e. The standard InChI is InChI=1S/C33H42N2O5/c1-4-8-24-17-26-29(27-18-28(40-33(24,27)39)23-15-20(2)30(36)21(3)16-23)32(38)35(31(26)37)25-11-13-34(14-12-25)19-22-9-6-5-7-10-22/h5-7,9-10,15-16,24-29,36,39H,4,8,11-14,17-19H2,1-3H3/t24-,26-,27-,28-,29-,33+/m0/s1. The van der Waals surface area contributed by atoms with Crippen molar-refractivity contribution in [2.75, 3.05) is 13.1 Å². The minimum atomic E-state index is -1.44. The van der Waals surface area contributed by atoms with E-state index in [9.17, 15) is 19.8 Å². The number of nitrogens with zero attached hydrogens (tertiary/aromatic N) is 2. The molecule has 4 fully saturated rings. The molecule has 1 saturated carbocycles. The van der Waals surface area contributed by atoms with E-state index in [1.807, 2.05) is 32.0 Å². The summed E-state index contributed by atoms with van der Waals surface area (Å²) in [7, 11) is 0. The maximum Gasteiger partial charge on any atom is 0.233 e. The van der Waals surface area contributed by atoms with Crippen molar-refractivity contribution in [2.45, 2.75) is 83.8 Å². The van der Waals surface area contributed by atoms with Gasteiger partial charge in [0.1, 0.15) is 5.75 Å². The van der Waals surface area contributed by atoms with Gasteiger partial charge >= 0.3 is 0 Å². The molecule has 0 unspecified atom stereocenters. The van der Waals surface area contributed by atoms with E-state index < -0.39 is 17.6 Å².